The Labute approximate surface area is 175 Å². The van der Waals surface area contributed by atoms with Crippen molar-refractivity contribution in [2.75, 3.05) is 16.8 Å². The van der Waals surface area contributed by atoms with Gasteiger partial charge in [-0.2, -0.15) is 0 Å². The van der Waals surface area contributed by atoms with E-state index >= 15 is 0 Å². The maximum absolute atomic E-state index is 13.0. The molecule has 2 amide bonds. The lowest BCUT2D eigenvalue weighted by Crippen LogP contribution is -2.41. The lowest BCUT2D eigenvalue weighted by Gasteiger charge is -2.24. The van der Waals surface area contributed by atoms with Crippen LogP contribution in [0.5, 0.6) is 5.75 Å². The van der Waals surface area contributed by atoms with Gasteiger partial charge in [0.2, 0.25) is 11.8 Å². The lowest BCUT2D eigenvalue weighted by molar-refractivity contribution is -0.143. The Hall–Kier alpha value is -3.35. The Morgan fingerprint density at radius 2 is 1.93 bits per heavy atom. The van der Waals surface area contributed by atoms with Gasteiger partial charge in [0.25, 0.3) is 0 Å². The summed E-state index contributed by atoms with van der Waals surface area (Å²) in [4.78, 5) is 38.5. The van der Waals surface area contributed by atoms with Gasteiger partial charge in [-0.1, -0.05) is 30.3 Å². The number of phenolic OH excluding ortho intramolecular Hbond substituents is 1. The van der Waals surface area contributed by atoms with Crippen LogP contribution < -0.4 is 10.2 Å². The Bertz CT molecular complexity index is 913. The number of ether oxygens (including phenoxy) is 1. The highest BCUT2D eigenvalue weighted by Crippen LogP contribution is 2.31. The van der Waals surface area contributed by atoms with Crippen molar-refractivity contribution in [1.29, 1.82) is 0 Å². The van der Waals surface area contributed by atoms with Gasteiger partial charge in [-0.15, -0.1) is 0 Å². The third-order valence-corrected chi connectivity index (χ3v) is 5.06. The van der Waals surface area contributed by atoms with Crippen LogP contribution in [0.15, 0.2) is 48.5 Å². The van der Waals surface area contributed by atoms with Gasteiger partial charge in [-0.25, -0.2) is 0 Å². The molecule has 158 valence electrons. The summed E-state index contributed by atoms with van der Waals surface area (Å²) in [5, 5.41) is 13.1. The highest BCUT2D eigenvalue weighted by molar-refractivity contribution is 6.08. The van der Waals surface area contributed by atoms with Gasteiger partial charge in [0.1, 0.15) is 11.8 Å². The van der Waals surface area contributed by atoms with E-state index in [1.165, 1.54) is 11.0 Å². The number of rotatable bonds is 8. The molecular weight excluding hydrogens is 384 g/mol. The van der Waals surface area contributed by atoms with E-state index < -0.39 is 6.04 Å². The molecule has 30 heavy (non-hydrogen) atoms. The molecule has 1 heterocycles. The Morgan fingerprint density at radius 1 is 1.17 bits per heavy atom. The smallest absolute Gasteiger partial charge is 0.305 e. The summed E-state index contributed by atoms with van der Waals surface area (Å²) < 4.78 is 4.93. The number of hydrogen-bond acceptors (Lipinski definition) is 5. The summed E-state index contributed by atoms with van der Waals surface area (Å²) in [6.45, 7) is 2.09. The molecule has 2 aromatic rings. The summed E-state index contributed by atoms with van der Waals surface area (Å²) in [6, 6.07) is 13.4. The molecule has 7 nitrogen and oxygen atoms in total. The highest BCUT2D eigenvalue weighted by Gasteiger charge is 2.37. The molecule has 0 aliphatic carbocycles. The van der Waals surface area contributed by atoms with Gasteiger partial charge in [0, 0.05) is 18.5 Å². The number of carbonyl (C=O) groups excluding carboxylic acids is 3. The van der Waals surface area contributed by atoms with Crippen LogP contribution in [0.1, 0.15) is 38.2 Å². The first kappa shape index (κ1) is 21.4. The summed E-state index contributed by atoms with van der Waals surface area (Å²) in [5.41, 5.74) is 1.72. The Kier molecular flexibility index (Phi) is 7.06. The van der Waals surface area contributed by atoms with E-state index in [0.717, 1.165) is 5.56 Å². The summed E-state index contributed by atoms with van der Waals surface area (Å²) in [5.74, 6) is -0.773. The third kappa shape index (κ3) is 4.97. The van der Waals surface area contributed by atoms with Gasteiger partial charge in [0.15, 0.2) is 0 Å². The molecule has 2 N–H and O–H groups in total. The van der Waals surface area contributed by atoms with Crippen LogP contribution in [-0.2, 0) is 25.5 Å². The fourth-order valence-corrected chi connectivity index (χ4v) is 3.65. The summed E-state index contributed by atoms with van der Waals surface area (Å²) >= 11 is 0. The van der Waals surface area contributed by atoms with Crippen LogP contribution >= 0.6 is 0 Å². The van der Waals surface area contributed by atoms with E-state index in [9.17, 15) is 19.5 Å². The minimum absolute atomic E-state index is 0.0485. The zero-order valence-corrected chi connectivity index (χ0v) is 17.0. The molecule has 0 spiro atoms. The second kappa shape index (κ2) is 9.91. The summed E-state index contributed by atoms with van der Waals surface area (Å²) in [7, 11) is 0. The monoisotopic (exact) mass is 410 g/mol. The SMILES string of the molecule is CCOC(=O)CCCc1cccc(O)c1NC(=O)[C@H]1CCC(=O)N1c1ccccc1. The zero-order chi connectivity index (χ0) is 21.5. The lowest BCUT2D eigenvalue weighted by atomic mass is 10.0. The molecule has 0 saturated carbocycles. The second-order valence-corrected chi connectivity index (χ2v) is 7.11. The second-order valence-electron chi connectivity index (χ2n) is 7.11. The minimum Gasteiger partial charge on any atom is -0.506 e. The molecular formula is C23H26N2O5. The summed E-state index contributed by atoms with van der Waals surface area (Å²) in [6.07, 6.45) is 1.99. The van der Waals surface area contributed by atoms with Gasteiger partial charge < -0.3 is 15.2 Å². The first-order valence-corrected chi connectivity index (χ1v) is 10.2. The average molecular weight is 410 g/mol. The van der Waals surface area contributed by atoms with Crippen LogP contribution in [0, 0.1) is 0 Å². The fraction of sp³-hybridized carbons (Fsp3) is 0.348. The van der Waals surface area contributed by atoms with E-state index in [4.69, 9.17) is 4.74 Å². The number of esters is 1. The van der Waals surface area contributed by atoms with Gasteiger partial charge >= 0.3 is 5.97 Å². The quantitative estimate of drug-likeness (QED) is 0.514. The zero-order valence-electron chi connectivity index (χ0n) is 17.0. The van der Waals surface area contributed by atoms with Crippen molar-refractivity contribution in [2.24, 2.45) is 0 Å². The van der Waals surface area contributed by atoms with Crippen LogP contribution in [0.25, 0.3) is 0 Å². The average Bonchev–Trinajstić information content (AvgIpc) is 3.12. The number of phenols is 1. The first-order chi connectivity index (χ1) is 14.5. The molecule has 2 aromatic carbocycles. The van der Waals surface area contributed by atoms with E-state index in [1.807, 2.05) is 18.2 Å². The van der Waals surface area contributed by atoms with Crippen LogP contribution in [0.3, 0.4) is 0 Å². The predicted molar refractivity (Wildman–Crippen MR) is 113 cm³/mol. The maximum atomic E-state index is 13.0. The van der Waals surface area contributed by atoms with Crippen LogP contribution in [-0.4, -0.2) is 35.5 Å². The molecule has 7 heteroatoms. The van der Waals surface area contributed by atoms with Crippen molar-refractivity contribution in [2.45, 2.75) is 45.1 Å². The number of aryl methyl sites for hydroxylation is 1. The molecule has 1 atom stereocenters. The standard InChI is InChI=1S/C23H26N2O5/c1-2-30-21(28)13-7-9-16-8-6-12-19(26)22(16)24-23(29)18-14-15-20(27)25(18)17-10-4-3-5-11-17/h3-6,8,10-12,18,26H,2,7,9,13-15H2,1H3,(H,24,29)/t18-/m1/s1. The molecule has 1 fully saturated rings. The predicted octanol–water partition coefficient (Wildman–Crippen LogP) is 3.41. The number of benzene rings is 2. The first-order valence-electron chi connectivity index (χ1n) is 10.2. The topological polar surface area (TPSA) is 95.9 Å². The Balaban J connectivity index is 1.73. The van der Waals surface area contributed by atoms with Crippen molar-refractivity contribution in [3.63, 3.8) is 0 Å². The van der Waals surface area contributed by atoms with E-state index in [1.54, 1.807) is 31.2 Å². The number of amides is 2. The molecule has 1 aliphatic heterocycles. The van der Waals surface area contributed by atoms with Crippen LogP contribution in [0.2, 0.25) is 0 Å². The number of hydrogen-bond donors (Lipinski definition) is 2. The maximum Gasteiger partial charge on any atom is 0.305 e. The van der Waals surface area contributed by atoms with Gasteiger partial charge in [-0.05, 0) is 49.9 Å². The molecule has 0 unspecified atom stereocenters. The number of anilines is 2. The van der Waals surface area contributed by atoms with Crippen molar-refractivity contribution in [3.8, 4) is 5.75 Å². The Morgan fingerprint density at radius 3 is 2.67 bits per heavy atom. The third-order valence-electron chi connectivity index (χ3n) is 5.06. The molecule has 0 radical (unpaired) electrons. The fourth-order valence-electron chi connectivity index (χ4n) is 3.65. The van der Waals surface area contributed by atoms with Crippen LogP contribution in [0.4, 0.5) is 11.4 Å². The van der Waals surface area contributed by atoms with Gasteiger partial charge in [0.05, 0.1) is 12.3 Å². The van der Waals surface area contributed by atoms with E-state index in [2.05, 4.69) is 5.32 Å². The number of nitrogens with one attached hydrogen (secondary N) is 1. The van der Waals surface area contributed by atoms with E-state index in [0.29, 0.717) is 43.7 Å². The van der Waals surface area contributed by atoms with Gasteiger partial charge in [-0.3, -0.25) is 19.3 Å². The largest absolute Gasteiger partial charge is 0.506 e. The van der Waals surface area contributed by atoms with Crippen molar-refractivity contribution >= 4 is 29.2 Å². The van der Waals surface area contributed by atoms with Crippen molar-refractivity contribution in [3.05, 3.63) is 54.1 Å². The minimum atomic E-state index is -0.646. The highest BCUT2D eigenvalue weighted by atomic mass is 16.5. The van der Waals surface area contributed by atoms with E-state index in [-0.39, 0.29) is 30.0 Å². The molecule has 0 bridgehead atoms. The number of carbonyl (C=O) groups is 3. The molecule has 1 saturated heterocycles. The number of aromatic hydroxyl groups is 1. The van der Waals surface area contributed by atoms with Crippen molar-refractivity contribution < 1.29 is 24.2 Å². The number of para-hydroxylation sites is 2. The molecule has 0 aromatic heterocycles. The number of nitrogens with zero attached hydrogens (tertiary/aromatic N) is 1. The normalized spacial score (nSPS) is 15.8. The van der Waals surface area contributed by atoms with Crippen molar-refractivity contribution in [1.82, 2.24) is 0 Å². The molecule has 3 rings (SSSR count). The molecule has 1 aliphatic rings.